The second-order valence-electron chi connectivity index (χ2n) is 3.92. The van der Waals surface area contributed by atoms with Gasteiger partial charge >= 0.3 is 0 Å². The van der Waals surface area contributed by atoms with E-state index in [1.165, 1.54) is 6.42 Å². The van der Waals surface area contributed by atoms with Crippen molar-refractivity contribution >= 4 is 0 Å². The monoisotopic (exact) mass is 128 g/mol. The predicted octanol–water partition coefficient (Wildman–Crippen LogP) is 2.39. The number of hydrogen-bond acceptors (Lipinski definition) is 0. The van der Waals surface area contributed by atoms with Crippen molar-refractivity contribution in [2.45, 2.75) is 32.9 Å². The Kier molecular flexibility index (Phi) is 0.841. The molecule has 9 heavy (non-hydrogen) atoms. The minimum Gasteiger partial charge on any atom is -0.247 e. The summed E-state index contributed by atoms with van der Waals surface area (Å²) in [6.45, 7) is 4.43. The Hall–Kier alpha value is -0.0700. The van der Waals surface area contributed by atoms with Crippen LogP contribution in [0.5, 0.6) is 0 Å². The number of fused-ring (bicyclic) bond motifs is 1. The molecular formula is C8H13F. The maximum Gasteiger partial charge on any atom is 0.104 e. The molecule has 3 unspecified atom stereocenters. The van der Waals surface area contributed by atoms with Gasteiger partial charge in [-0.2, -0.15) is 0 Å². The van der Waals surface area contributed by atoms with Gasteiger partial charge in [-0.05, 0) is 30.1 Å². The number of alkyl halides is 1. The third kappa shape index (κ3) is 0.487. The van der Waals surface area contributed by atoms with Crippen LogP contribution >= 0.6 is 0 Å². The topological polar surface area (TPSA) is 0 Å². The molecule has 0 radical (unpaired) electrons. The van der Waals surface area contributed by atoms with Gasteiger partial charge < -0.3 is 0 Å². The molecule has 2 fully saturated rings. The molecule has 2 aliphatic rings. The molecule has 0 nitrogen and oxygen atoms in total. The Morgan fingerprint density at radius 3 is 2.22 bits per heavy atom. The van der Waals surface area contributed by atoms with Crippen molar-refractivity contribution in [1.29, 1.82) is 0 Å². The fraction of sp³-hybridized carbons (Fsp3) is 1.00. The van der Waals surface area contributed by atoms with Crippen LogP contribution in [0.1, 0.15) is 26.7 Å². The zero-order valence-electron chi connectivity index (χ0n) is 6.02. The predicted molar refractivity (Wildman–Crippen MR) is 34.9 cm³/mol. The van der Waals surface area contributed by atoms with Crippen LogP contribution in [-0.4, -0.2) is 6.17 Å². The Morgan fingerprint density at radius 1 is 1.44 bits per heavy atom. The molecule has 52 valence electrons. The highest BCUT2D eigenvalue weighted by molar-refractivity contribution is 5.17. The summed E-state index contributed by atoms with van der Waals surface area (Å²) in [5, 5.41) is 0. The molecule has 0 aromatic carbocycles. The van der Waals surface area contributed by atoms with E-state index in [4.69, 9.17) is 0 Å². The summed E-state index contributed by atoms with van der Waals surface area (Å²) >= 11 is 0. The van der Waals surface area contributed by atoms with Gasteiger partial charge in [0.1, 0.15) is 6.17 Å². The van der Waals surface area contributed by atoms with Crippen LogP contribution < -0.4 is 0 Å². The van der Waals surface area contributed by atoms with Gasteiger partial charge in [-0.15, -0.1) is 0 Å². The standard InChI is InChI=1S/C8H13F/c1-5(2)8-3-6(8)7(9)4-8/h5-7H,3-4H2,1-2H3. The van der Waals surface area contributed by atoms with Crippen molar-refractivity contribution in [3.8, 4) is 0 Å². The van der Waals surface area contributed by atoms with E-state index in [0.717, 1.165) is 12.3 Å². The van der Waals surface area contributed by atoms with Gasteiger partial charge in [0.2, 0.25) is 0 Å². The normalized spacial score (nSPS) is 54.7. The first-order valence-corrected chi connectivity index (χ1v) is 3.81. The van der Waals surface area contributed by atoms with Crippen molar-refractivity contribution in [1.82, 2.24) is 0 Å². The van der Waals surface area contributed by atoms with Gasteiger partial charge in [-0.1, -0.05) is 13.8 Å². The molecule has 2 rings (SSSR count). The molecule has 3 atom stereocenters. The Balaban J connectivity index is 2.04. The van der Waals surface area contributed by atoms with Gasteiger partial charge in [0.05, 0.1) is 0 Å². The van der Waals surface area contributed by atoms with Gasteiger partial charge in [0.15, 0.2) is 0 Å². The second kappa shape index (κ2) is 1.33. The van der Waals surface area contributed by atoms with Gasteiger partial charge in [-0.25, -0.2) is 4.39 Å². The average Bonchev–Trinajstić information content (AvgIpc) is 2.36. The van der Waals surface area contributed by atoms with Gasteiger partial charge in [0, 0.05) is 0 Å². The minimum absolute atomic E-state index is 0.438. The van der Waals surface area contributed by atoms with Crippen LogP contribution in [0, 0.1) is 17.3 Å². The number of rotatable bonds is 1. The van der Waals surface area contributed by atoms with E-state index in [0.29, 0.717) is 11.3 Å². The third-order valence-corrected chi connectivity index (χ3v) is 3.34. The van der Waals surface area contributed by atoms with Crippen LogP contribution in [0.2, 0.25) is 0 Å². The van der Waals surface area contributed by atoms with Gasteiger partial charge in [0.25, 0.3) is 0 Å². The molecule has 0 amide bonds. The van der Waals surface area contributed by atoms with E-state index in [2.05, 4.69) is 13.8 Å². The highest BCUT2D eigenvalue weighted by Crippen LogP contribution is 2.72. The molecular weight excluding hydrogens is 115 g/mol. The first-order chi connectivity index (χ1) is 4.17. The maximum absolute atomic E-state index is 12.6. The molecule has 0 aromatic heterocycles. The Morgan fingerprint density at radius 2 is 2.11 bits per heavy atom. The van der Waals surface area contributed by atoms with E-state index in [1.807, 2.05) is 0 Å². The zero-order valence-corrected chi connectivity index (χ0v) is 6.02. The molecule has 0 aromatic rings. The zero-order chi connectivity index (χ0) is 6.65. The molecule has 0 spiro atoms. The summed E-state index contributed by atoms with van der Waals surface area (Å²) < 4.78 is 12.6. The van der Waals surface area contributed by atoms with Crippen LogP contribution in [0.3, 0.4) is 0 Å². The Labute approximate surface area is 55.4 Å². The fourth-order valence-corrected chi connectivity index (χ4v) is 2.32. The van der Waals surface area contributed by atoms with E-state index in [9.17, 15) is 4.39 Å². The van der Waals surface area contributed by atoms with Crippen molar-refractivity contribution in [3.05, 3.63) is 0 Å². The molecule has 0 saturated heterocycles. The van der Waals surface area contributed by atoms with Crippen LogP contribution in [0.25, 0.3) is 0 Å². The van der Waals surface area contributed by atoms with Crippen LogP contribution in [-0.2, 0) is 0 Å². The quantitative estimate of drug-likeness (QED) is 0.508. The molecule has 1 heteroatoms. The lowest BCUT2D eigenvalue weighted by Crippen LogP contribution is -2.31. The summed E-state index contributed by atoms with van der Waals surface area (Å²) in [5.74, 6) is 1.19. The summed E-state index contributed by atoms with van der Waals surface area (Å²) in [4.78, 5) is 0. The SMILES string of the molecule is CC(C)C12CC(F)C1C2. The minimum atomic E-state index is -0.438. The fourth-order valence-electron chi connectivity index (χ4n) is 2.32. The third-order valence-electron chi connectivity index (χ3n) is 3.34. The lowest BCUT2D eigenvalue weighted by atomic mass is 9.75. The highest BCUT2D eigenvalue weighted by atomic mass is 19.1. The first kappa shape index (κ1) is 5.70. The van der Waals surface area contributed by atoms with Crippen molar-refractivity contribution in [3.63, 3.8) is 0 Å². The molecule has 2 saturated carbocycles. The summed E-state index contributed by atoms with van der Waals surface area (Å²) in [6, 6.07) is 0. The van der Waals surface area contributed by atoms with Crippen LogP contribution in [0.15, 0.2) is 0 Å². The van der Waals surface area contributed by atoms with E-state index in [1.54, 1.807) is 0 Å². The largest absolute Gasteiger partial charge is 0.247 e. The summed E-state index contributed by atoms with van der Waals surface area (Å²) in [6.07, 6.45) is 1.59. The van der Waals surface area contributed by atoms with E-state index in [-0.39, 0.29) is 0 Å². The number of hydrogen-bond donors (Lipinski definition) is 0. The molecule has 0 N–H and O–H groups in total. The van der Waals surface area contributed by atoms with E-state index >= 15 is 0 Å². The lowest BCUT2D eigenvalue weighted by Gasteiger charge is -2.32. The molecule has 0 bridgehead atoms. The number of halogens is 1. The second-order valence-corrected chi connectivity index (χ2v) is 3.92. The van der Waals surface area contributed by atoms with Crippen LogP contribution in [0.4, 0.5) is 4.39 Å². The smallest absolute Gasteiger partial charge is 0.104 e. The average molecular weight is 128 g/mol. The molecule has 2 aliphatic carbocycles. The van der Waals surface area contributed by atoms with E-state index < -0.39 is 6.17 Å². The summed E-state index contributed by atoms with van der Waals surface area (Å²) in [7, 11) is 0. The lowest BCUT2D eigenvalue weighted by molar-refractivity contribution is 0.0841. The van der Waals surface area contributed by atoms with Crippen molar-refractivity contribution in [2.24, 2.45) is 17.3 Å². The van der Waals surface area contributed by atoms with Crippen molar-refractivity contribution < 1.29 is 4.39 Å². The van der Waals surface area contributed by atoms with Crippen molar-refractivity contribution in [2.75, 3.05) is 0 Å². The van der Waals surface area contributed by atoms with Gasteiger partial charge in [-0.3, -0.25) is 0 Å². The highest BCUT2D eigenvalue weighted by Gasteiger charge is 2.68. The molecule has 0 heterocycles. The molecule has 0 aliphatic heterocycles. The maximum atomic E-state index is 12.6. The Bertz CT molecular complexity index is 142. The first-order valence-electron chi connectivity index (χ1n) is 3.81. The summed E-state index contributed by atoms with van der Waals surface area (Å²) in [5.41, 5.74) is 0.486.